The first-order valence-corrected chi connectivity index (χ1v) is 8.80. The van der Waals surface area contributed by atoms with Crippen LogP contribution in [0.5, 0.6) is 0 Å². The van der Waals surface area contributed by atoms with Crippen molar-refractivity contribution in [2.45, 2.75) is 66.2 Å². The van der Waals surface area contributed by atoms with Crippen molar-refractivity contribution in [2.24, 2.45) is 0 Å². The van der Waals surface area contributed by atoms with Crippen molar-refractivity contribution in [3.8, 4) is 0 Å². The zero-order valence-corrected chi connectivity index (χ0v) is 16.0. The van der Waals surface area contributed by atoms with Gasteiger partial charge in [-0.1, -0.05) is 27.4 Å². The summed E-state index contributed by atoms with van der Waals surface area (Å²) in [6.07, 6.45) is 7.36. The van der Waals surface area contributed by atoms with Crippen LogP contribution >= 0.6 is 0 Å². The predicted molar refractivity (Wildman–Crippen MR) is 92.3 cm³/mol. The average molecular weight is 333 g/mol. The lowest BCUT2D eigenvalue weighted by molar-refractivity contribution is -0.928. The summed E-state index contributed by atoms with van der Waals surface area (Å²) in [5.74, 6) is -0.0110. The van der Waals surface area contributed by atoms with Gasteiger partial charge in [-0.2, -0.15) is 0 Å². The molecule has 0 spiro atoms. The van der Waals surface area contributed by atoms with Crippen molar-refractivity contribution in [2.75, 3.05) is 32.7 Å². The van der Waals surface area contributed by atoms with Crippen LogP contribution in [0, 0.1) is 0 Å². The van der Waals surface area contributed by atoms with Crippen LogP contribution in [0.3, 0.4) is 0 Å². The minimum absolute atomic E-state index is 0. The normalized spacial score (nSPS) is 10.9. The summed E-state index contributed by atoms with van der Waals surface area (Å²) in [4.78, 5) is 11.4. The fraction of sp³-hybridized carbons (Fsp3) is 0.833. The molecule has 0 unspecified atom stereocenters. The second kappa shape index (κ2) is 14.1. The molecule has 0 heterocycles. The molecule has 0 saturated heterocycles. The predicted octanol–water partition coefficient (Wildman–Crippen LogP) is 0.900. The van der Waals surface area contributed by atoms with Crippen LogP contribution < -0.4 is 17.7 Å². The zero-order valence-electron chi connectivity index (χ0n) is 15.2. The maximum absolute atomic E-state index is 11.4. The Morgan fingerprint density at radius 3 is 1.82 bits per heavy atom. The average Bonchev–Trinajstić information content (AvgIpc) is 2.43. The van der Waals surface area contributed by atoms with E-state index in [4.69, 9.17) is 0 Å². The maximum Gasteiger partial charge on any atom is 0.246 e. The molecule has 0 aromatic carbocycles. The number of carbonyl (C=O) groups excluding carboxylic acids is 1. The summed E-state index contributed by atoms with van der Waals surface area (Å²) in [6, 6.07) is 0. The van der Waals surface area contributed by atoms with Crippen LogP contribution in [0.1, 0.15) is 66.2 Å². The van der Waals surface area contributed by atoms with Gasteiger partial charge < -0.3 is 22.2 Å². The van der Waals surface area contributed by atoms with Gasteiger partial charge >= 0.3 is 0 Å². The van der Waals surface area contributed by atoms with Crippen molar-refractivity contribution in [3.63, 3.8) is 0 Å². The molecular formula is C18H37ClN2O. The van der Waals surface area contributed by atoms with Crippen LogP contribution in [0.15, 0.2) is 12.2 Å². The molecule has 4 heteroatoms. The smallest absolute Gasteiger partial charge is 0.246 e. The number of amides is 1. The minimum Gasteiger partial charge on any atom is -1.00 e. The van der Waals surface area contributed by atoms with E-state index in [2.05, 4.69) is 32.7 Å². The molecule has 132 valence electrons. The second-order valence-corrected chi connectivity index (χ2v) is 6.33. The largest absolute Gasteiger partial charge is 1.00 e. The van der Waals surface area contributed by atoms with Crippen molar-refractivity contribution in [1.29, 1.82) is 0 Å². The Labute approximate surface area is 144 Å². The lowest BCUT2D eigenvalue weighted by Crippen LogP contribution is -3.00. The van der Waals surface area contributed by atoms with Crippen molar-refractivity contribution < 1.29 is 21.7 Å². The van der Waals surface area contributed by atoms with E-state index >= 15 is 0 Å². The summed E-state index contributed by atoms with van der Waals surface area (Å²) < 4.78 is 1.29. The monoisotopic (exact) mass is 332 g/mol. The third-order valence-electron chi connectivity index (χ3n) is 4.08. The molecule has 3 nitrogen and oxygen atoms in total. The standard InChI is InChI=1S/C18H36N2O.ClH/c1-6-13-20(14-7-2,15-8-3)16-11-9-10-12-19-18(21)17(4)5;/h4,6-16H2,1-3,5H3;1H. The SMILES string of the molecule is C=C(C)C(=O)NCCCCC[N+](CCC)(CCC)CCC.[Cl-]. The fourth-order valence-electron chi connectivity index (χ4n) is 3.20. The number of quaternary nitrogens is 1. The van der Waals surface area contributed by atoms with Crippen molar-refractivity contribution in [3.05, 3.63) is 12.2 Å². The van der Waals surface area contributed by atoms with Gasteiger partial charge in [-0.3, -0.25) is 4.79 Å². The molecule has 0 aliphatic rings. The van der Waals surface area contributed by atoms with Gasteiger partial charge in [0.1, 0.15) is 0 Å². The number of nitrogens with one attached hydrogen (secondary N) is 1. The van der Waals surface area contributed by atoms with Gasteiger partial charge in [0.15, 0.2) is 0 Å². The first-order valence-electron chi connectivity index (χ1n) is 8.80. The van der Waals surface area contributed by atoms with E-state index in [0.717, 1.165) is 13.0 Å². The van der Waals surface area contributed by atoms with Gasteiger partial charge in [-0.25, -0.2) is 0 Å². The third-order valence-corrected chi connectivity index (χ3v) is 4.08. The summed E-state index contributed by atoms with van der Waals surface area (Å²) in [5, 5.41) is 2.91. The Morgan fingerprint density at radius 1 is 0.909 bits per heavy atom. The highest BCUT2D eigenvalue weighted by Gasteiger charge is 2.23. The Morgan fingerprint density at radius 2 is 1.41 bits per heavy atom. The summed E-state index contributed by atoms with van der Waals surface area (Å²) in [6.45, 7) is 18.3. The number of hydrogen-bond acceptors (Lipinski definition) is 1. The molecule has 0 saturated carbocycles. The number of carbonyl (C=O) groups is 1. The first-order chi connectivity index (χ1) is 10.0. The molecule has 0 bridgehead atoms. The number of halogens is 1. The molecule has 1 amide bonds. The highest BCUT2D eigenvalue weighted by Crippen LogP contribution is 2.14. The van der Waals surface area contributed by atoms with Crippen LogP contribution in [0.4, 0.5) is 0 Å². The van der Waals surface area contributed by atoms with E-state index in [1.54, 1.807) is 6.92 Å². The number of hydrogen-bond donors (Lipinski definition) is 1. The van der Waals surface area contributed by atoms with E-state index in [9.17, 15) is 4.79 Å². The quantitative estimate of drug-likeness (QED) is 0.303. The molecule has 0 fully saturated rings. The third kappa shape index (κ3) is 10.2. The topological polar surface area (TPSA) is 29.1 Å². The number of rotatable bonds is 13. The van der Waals surface area contributed by atoms with Crippen LogP contribution in [0.25, 0.3) is 0 Å². The van der Waals surface area contributed by atoms with Crippen molar-refractivity contribution >= 4 is 5.91 Å². The fourth-order valence-corrected chi connectivity index (χ4v) is 3.20. The van der Waals surface area contributed by atoms with Gasteiger partial charge in [-0.15, -0.1) is 0 Å². The second-order valence-electron chi connectivity index (χ2n) is 6.33. The van der Waals surface area contributed by atoms with E-state index in [1.807, 2.05) is 0 Å². The lowest BCUT2D eigenvalue weighted by Gasteiger charge is -2.38. The molecule has 0 aliphatic carbocycles. The Kier molecular flexibility index (Phi) is 15.2. The van der Waals surface area contributed by atoms with E-state index in [1.165, 1.54) is 62.8 Å². The van der Waals surface area contributed by atoms with Gasteiger partial charge in [0.25, 0.3) is 0 Å². The van der Waals surface area contributed by atoms with Crippen LogP contribution in [-0.4, -0.2) is 43.1 Å². The van der Waals surface area contributed by atoms with Crippen LogP contribution in [-0.2, 0) is 4.79 Å². The molecule has 0 aromatic rings. The molecule has 22 heavy (non-hydrogen) atoms. The summed E-state index contributed by atoms with van der Waals surface area (Å²) in [5.41, 5.74) is 0.597. The highest BCUT2D eigenvalue weighted by atomic mass is 35.5. The molecule has 0 aliphatic heterocycles. The number of nitrogens with zero attached hydrogens (tertiary/aromatic N) is 1. The van der Waals surface area contributed by atoms with E-state index in [-0.39, 0.29) is 18.3 Å². The summed E-state index contributed by atoms with van der Waals surface area (Å²) >= 11 is 0. The van der Waals surface area contributed by atoms with Gasteiger partial charge in [-0.05, 0) is 45.4 Å². The molecule has 0 atom stereocenters. The number of unbranched alkanes of at least 4 members (excludes halogenated alkanes) is 2. The maximum atomic E-state index is 11.4. The van der Waals surface area contributed by atoms with Gasteiger partial charge in [0.2, 0.25) is 5.91 Å². The Hall–Kier alpha value is -0.540. The molecule has 1 N–H and O–H groups in total. The van der Waals surface area contributed by atoms with Gasteiger partial charge in [0.05, 0.1) is 26.2 Å². The van der Waals surface area contributed by atoms with Gasteiger partial charge in [0, 0.05) is 12.1 Å². The Bertz CT molecular complexity index is 288. The Balaban J connectivity index is 0. The van der Waals surface area contributed by atoms with Crippen LogP contribution in [0.2, 0.25) is 0 Å². The van der Waals surface area contributed by atoms with Crippen molar-refractivity contribution in [1.82, 2.24) is 5.32 Å². The molecule has 0 rings (SSSR count). The highest BCUT2D eigenvalue weighted by molar-refractivity contribution is 5.91. The first kappa shape index (κ1) is 23.7. The summed E-state index contributed by atoms with van der Waals surface area (Å²) in [7, 11) is 0. The minimum atomic E-state index is -0.0110. The van der Waals surface area contributed by atoms with E-state index < -0.39 is 0 Å². The molecule has 0 radical (unpaired) electrons. The lowest BCUT2D eigenvalue weighted by atomic mass is 10.1. The molecule has 0 aromatic heterocycles. The zero-order chi connectivity index (χ0) is 16.1. The van der Waals surface area contributed by atoms with E-state index in [0.29, 0.717) is 5.57 Å². The molecular weight excluding hydrogens is 296 g/mol.